The maximum absolute atomic E-state index is 11.8. The SMILES string of the molecule is CCCCCCCC(=O)c1c(Cl)cnn1C. The third-order valence-corrected chi connectivity index (χ3v) is 2.94. The maximum Gasteiger partial charge on any atom is 0.182 e. The molecule has 0 radical (unpaired) electrons. The number of hydrogen-bond donors (Lipinski definition) is 0. The van der Waals surface area contributed by atoms with Crippen LogP contribution < -0.4 is 0 Å². The molecule has 1 rings (SSSR count). The Labute approximate surface area is 102 Å². The zero-order chi connectivity index (χ0) is 12.0. The summed E-state index contributed by atoms with van der Waals surface area (Å²) in [6.07, 6.45) is 7.84. The van der Waals surface area contributed by atoms with Crippen LogP contribution in [-0.4, -0.2) is 15.6 Å². The fourth-order valence-corrected chi connectivity index (χ4v) is 2.00. The summed E-state index contributed by atoms with van der Waals surface area (Å²) in [6.45, 7) is 2.18. The highest BCUT2D eigenvalue weighted by Crippen LogP contribution is 2.17. The minimum Gasteiger partial charge on any atom is -0.292 e. The molecular formula is C12H19ClN2O. The third-order valence-electron chi connectivity index (χ3n) is 2.67. The van der Waals surface area contributed by atoms with E-state index in [1.54, 1.807) is 11.7 Å². The van der Waals surface area contributed by atoms with Crippen LogP contribution in [0, 0.1) is 0 Å². The number of aryl methyl sites for hydroxylation is 1. The molecule has 1 heterocycles. The quantitative estimate of drug-likeness (QED) is 0.541. The van der Waals surface area contributed by atoms with Gasteiger partial charge in [-0.15, -0.1) is 0 Å². The Balaban J connectivity index is 2.36. The van der Waals surface area contributed by atoms with Gasteiger partial charge in [0, 0.05) is 13.5 Å². The summed E-state index contributed by atoms with van der Waals surface area (Å²) in [4.78, 5) is 11.8. The smallest absolute Gasteiger partial charge is 0.182 e. The summed E-state index contributed by atoms with van der Waals surface area (Å²) in [7, 11) is 1.75. The summed E-state index contributed by atoms with van der Waals surface area (Å²) >= 11 is 5.90. The van der Waals surface area contributed by atoms with E-state index in [9.17, 15) is 4.79 Å². The van der Waals surface area contributed by atoms with Crippen LogP contribution in [0.1, 0.15) is 55.9 Å². The van der Waals surface area contributed by atoms with E-state index in [-0.39, 0.29) is 5.78 Å². The predicted octanol–water partition coefficient (Wildman–Crippen LogP) is 3.62. The number of unbranched alkanes of at least 4 members (excludes halogenated alkanes) is 4. The van der Waals surface area contributed by atoms with Crippen molar-refractivity contribution in [3.63, 3.8) is 0 Å². The molecule has 0 unspecified atom stereocenters. The van der Waals surface area contributed by atoms with Gasteiger partial charge in [0.2, 0.25) is 0 Å². The molecule has 16 heavy (non-hydrogen) atoms. The van der Waals surface area contributed by atoms with Gasteiger partial charge in [-0.25, -0.2) is 0 Å². The van der Waals surface area contributed by atoms with E-state index in [1.165, 1.54) is 25.5 Å². The number of aromatic nitrogens is 2. The summed E-state index contributed by atoms with van der Waals surface area (Å²) in [5, 5.41) is 4.42. The van der Waals surface area contributed by atoms with Crippen molar-refractivity contribution in [1.82, 2.24) is 9.78 Å². The lowest BCUT2D eigenvalue weighted by Gasteiger charge is -2.02. The molecule has 0 aromatic carbocycles. The molecule has 90 valence electrons. The van der Waals surface area contributed by atoms with Crippen molar-refractivity contribution in [1.29, 1.82) is 0 Å². The van der Waals surface area contributed by atoms with Crippen LogP contribution in [0.5, 0.6) is 0 Å². The summed E-state index contributed by atoms with van der Waals surface area (Å²) in [5.74, 6) is 0.0986. The Kier molecular flexibility index (Phi) is 5.53. The average molecular weight is 243 g/mol. The molecule has 0 saturated carbocycles. The van der Waals surface area contributed by atoms with Gasteiger partial charge >= 0.3 is 0 Å². The van der Waals surface area contributed by atoms with Gasteiger partial charge in [-0.1, -0.05) is 44.2 Å². The second kappa shape index (κ2) is 6.69. The molecule has 0 bridgehead atoms. The monoisotopic (exact) mass is 242 g/mol. The van der Waals surface area contributed by atoms with Crippen molar-refractivity contribution in [3.8, 4) is 0 Å². The van der Waals surface area contributed by atoms with Gasteiger partial charge in [0.15, 0.2) is 5.78 Å². The first-order valence-electron chi connectivity index (χ1n) is 5.87. The van der Waals surface area contributed by atoms with Crippen LogP contribution in [0.4, 0.5) is 0 Å². The molecular weight excluding hydrogens is 224 g/mol. The predicted molar refractivity (Wildman–Crippen MR) is 65.9 cm³/mol. The number of nitrogens with zero attached hydrogens (tertiary/aromatic N) is 2. The molecule has 0 atom stereocenters. The van der Waals surface area contributed by atoms with Crippen molar-refractivity contribution < 1.29 is 4.79 Å². The molecule has 0 N–H and O–H groups in total. The molecule has 0 aliphatic rings. The zero-order valence-corrected chi connectivity index (χ0v) is 10.8. The first kappa shape index (κ1) is 13.2. The third kappa shape index (κ3) is 3.63. The number of halogens is 1. The number of carbonyl (C=O) groups excluding carboxylic acids is 1. The van der Waals surface area contributed by atoms with Crippen LogP contribution in [0.2, 0.25) is 5.02 Å². The zero-order valence-electron chi connectivity index (χ0n) is 10.0. The standard InChI is InChI=1S/C12H19ClN2O/c1-3-4-5-6-7-8-11(16)12-10(13)9-14-15(12)2/h9H,3-8H2,1-2H3. The van der Waals surface area contributed by atoms with Crippen LogP contribution in [0.3, 0.4) is 0 Å². The van der Waals surface area contributed by atoms with Gasteiger partial charge < -0.3 is 0 Å². The van der Waals surface area contributed by atoms with Crippen molar-refractivity contribution in [2.45, 2.75) is 45.4 Å². The Morgan fingerprint density at radius 3 is 2.62 bits per heavy atom. The summed E-state index contributed by atoms with van der Waals surface area (Å²) in [6, 6.07) is 0. The van der Waals surface area contributed by atoms with E-state index < -0.39 is 0 Å². The van der Waals surface area contributed by atoms with Gasteiger partial charge in [-0.05, 0) is 6.42 Å². The minimum absolute atomic E-state index is 0.0986. The minimum atomic E-state index is 0.0986. The first-order chi connectivity index (χ1) is 7.66. The Hall–Kier alpha value is -0.830. The van der Waals surface area contributed by atoms with Gasteiger partial charge in [-0.2, -0.15) is 5.10 Å². The lowest BCUT2D eigenvalue weighted by Crippen LogP contribution is -2.07. The van der Waals surface area contributed by atoms with Crippen LogP contribution >= 0.6 is 11.6 Å². The molecule has 0 spiro atoms. The Morgan fingerprint density at radius 1 is 1.38 bits per heavy atom. The average Bonchev–Trinajstić information content (AvgIpc) is 2.58. The van der Waals surface area contributed by atoms with Crippen LogP contribution in [0.15, 0.2) is 6.20 Å². The first-order valence-corrected chi connectivity index (χ1v) is 6.25. The molecule has 1 aromatic rings. The fraction of sp³-hybridized carbons (Fsp3) is 0.667. The molecule has 0 aliphatic heterocycles. The highest BCUT2D eigenvalue weighted by molar-refractivity contribution is 6.33. The van der Waals surface area contributed by atoms with E-state index >= 15 is 0 Å². The van der Waals surface area contributed by atoms with E-state index in [0.29, 0.717) is 17.1 Å². The maximum atomic E-state index is 11.8. The lowest BCUT2D eigenvalue weighted by molar-refractivity contribution is 0.0970. The van der Waals surface area contributed by atoms with Crippen molar-refractivity contribution in [2.24, 2.45) is 7.05 Å². The number of rotatable bonds is 7. The summed E-state index contributed by atoms with van der Waals surface area (Å²) < 4.78 is 1.55. The number of Topliss-reactive ketones (excluding diaryl/α,β-unsaturated/α-hetero) is 1. The topological polar surface area (TPSA) is 34.9 Å². The van der Waals surface area contributed by atoms with Crippen LogP contribution in [0.25, 0.3) is 0 Å². The largest absolute Gasteiger partial charge is 0.292 e. The lowest BCUT2D eigenvalue weighted by atomic mass is 10.1. The number of carbonyl (C=O) groups is 1. The normalized spacial score (nSPS) is 10.7. The molecule has 1 aromatic heterocycles. The number of ketones is 1. The summed E-state index contributed by atoms with van der Waals surface area (Å²) in [5.41, 5.74) is 0.539. The fourth-order valence-electron chi connectivity index (χ4n) is 1.73. The Morgan fingerprint density at radius 2 is 2.06 bits per heavy atom. The molecule has 4 heteroatoms. The molecule has 3 nitrogen and oxygen atoms in total. The van der Waals surface area contributed by atoms with Gasteiger partial charge in [0.1, 0.15) is 5.69 Å². The molecule has 0 fully saturated rings. The Bertz CT molecular complexity index is 327. The van der Waals surface area contributed by atoms with Crippen molar-refractivity contribution >= 4 is 17.4 Å². The van der Waals surface area contributed by atoms with E-state index in [0.717, 1.165) is 12.8 Å². The molecule has 0 aliphatic carbocycles. The highest BCUT2D eigenvalue weighted by atomic mass is 35.5. The number of hydrogen-bond acceptors (Lipinski definition) is 2. The van der Waals surface area contributed by atoms with E-state index in [2.05, 4.69) is 12.0 Å². The van der Waals surface area contributed by atoms with E-state index in [4.69, 9.17) is 11.6 Å². The van der Waals surface area contributed by atoms with Gasteiger partial charge in [0.05, 0.1) is 11.2 Å². The second-order valence-corrected chi connectivity index (χ2v) is 4.46. The van der Waals surface area contributed by atoms with Crippen LogP contribution in [-0.2, 0) is 7.05 Å². The van der Waals surface area contributed by atoms with Crippen molar-refractivity contribution in [2.75, 3.05) is 0 Å². The van der Waals surface area contributed by atoms with Gasteiger partial charge in [0.25, 0.3) is 0 Å². The van der Waals surface area contributed by atoms with Crippen molar-refractivity contribution in [3.05, 3.63) is 16.9 Å². The molecule has 0 amide bonds. The molecule has 0 saturated heterocycles. The highest BCUT2D eigenvalue weighted by Gasteiger charge is 2.14. The van der Waals surface area contributed by atoms with E-state index in [1.807, 2.05) is 0 Å². The second-order valence-electron chi connectivity index (χ2n) is 4.05. The van der Waals surface area contributed by atoms with Gasteiger partial charge in [-0.3, -0.25) is 9.48 Å².